The Morgan fingerprint density at radius 3 is 2.07 bits per heavy atom. The molecule has 0 saturated carbocycles. The maximum Gasteiger partial charge on any atom is 0.243 e. The van der Waals surface area contributed by atoms with Gasteiger partial charge in [-0.2, -0.15) is 4.31 Å². The molecule has 158 valence electrons. The van der Waals surface area contributed by atoms with Gasteiger partial charge in [0.05, 0.1) is 26.2 Å². The minimum Gasteiger partial charge on any atom is -0.497 e. The predicted molar refractivity (Wildman–Crippen MR) is 111 cm³/mol. The van der Waals surface area contributed by atoms with Crippen molar-refractivity contribution in [2.24, 2.45) is 0 Å². The Bertz CT molecular complexity index is 907. The predicted octanol–water partition coefficient (Wildman–Crippen LogP) is 2.26. The van der Waals surface area contributed by atoms with Gasteiger partial charge in [-0.15, -0.1) is 0 Å². The highest BCUT2D eigenvalue weighted by molar-refractivity contribution is 7.89. The van der Waals surface area contributed by atoms with Gasteiger partial charge in [-0.05, 0) is 36.2 Å². The highest BCUT2D eigenvalue weighted by Crippen LogP contribution is 2.30. The molecule has 1 aliphatic rings. The number of ether oxygens (including phenoxy) is 3. The van der Waals surface area contributed by atoms with Crippen molar-refractivity contribution in [1.29, 1.82) is 0 Å². The van der Waals surface area contributed by atoms with Crippen molar-refractivity contribution in [2.75, 3.05) is 54.1 Å². The Labute approximate surface area is 172 Å². The number of sulfonamides is 1. The molecule has 1 aliphatic heterocycles. The summed E-state index contributed by atoms with van der Waals surface area (Å²) in [5.74, 6) is 1.77. The largest absolute Gasteiger partial charge is 0.497 e. The van der Waals surface area contributed by atoms with E-state index in [4.69, 9.17) is 14.2 Å². The van der Waals surface area contributed by atoms with Gasteiger partial charge < -0.3 is 19.1 Å². The van der Waals surface area contributed by atoms with Gasteiger partial charge in [0.1, 0.15) is 5.75 Å². The number of nitrogens with zero attached hydrogens (tertiary/aromatic N) is 2. The summed E-state index contributed by atoms with van der Waals surface area (Å²) in [4.78, 5) is 2.52. The second-order valence-electron chi connectivity index (χ2n) is 6.86. The SMILES string of the molecule is COc1ccc(CCN2CCN(S(=O)(=O)c3ccc(OC)c(OC)c3)CC2)cc1. The molecule has 3 rings (SSSR count). The van der Waals surface area contributed by atoms with Crippen LogP contribution in [-0.2, 0) is 16.4 Å². The summed E-state index contributed by atoms with van der Waals surface area (Å²) in [6, 6.07) is 12.8. The molecule has 2 aromatic carbocycles. The first-order chi connectivity index (χ1) is 14.0. The lowest BCUT2D eigenvalue weighted by Crippen LogP contribution is -2.49. The summed E-state index contributed by atoms with van der Waals surface area (Å²) in [5, 5.41) is 0. The van der Waals surface area contributed by atoms with Gasteiger partial charge in [-0.3, -0.25) is 0 Å². The molecule has 0 atom stereocenters. The van der Waals surface area contributed by atoms with Gasteiger partial charge in [0, 0.05) is 38.8 Å². The maximum absolute atomic E-state index is 13.0. The van der Waals surface area contributed by atoms with Crippen LogP contribution in [0.4, 0.5) is 0 Å². The molecule has 0 radical (unpaired) electrons. The minimum absolute atomic E-state index is 0.224. The molecule has 0 aliphatic carbocycles. The van der Waals surface area contributed by atoms with Crippen LogP contribution in [0.25, 0.3) is 0 Å². The zero-order valence-electron chi connectivity index (χ0n) is 17.1. The molecule has 0 aromatic heterocycles. The number of hydrogen-bond acceptors (Lipinski definition) is 6. The van der Waals surface area contributed by atoms with Crippen LogP contribution in [0.1, 0.15) is 5.56 Å². The first-order valence-electron chi connectivity index (χ1n) is 9.55. The first-order valence-corrected chi connectivity index (χ1v) is 11.0. The van der Waals surface area contributed by atoms with E-state index in [1.54, 1.807) is 19.2 Å². The summed E-state index contributed by atoms with van der Waals surface area (Å²) in [5.41, 5.74) is 1.24. The lowest BCUT2D eigenvalue weighted by molar-refractivity contribution is 0.190. The fourth-order valence-electron chi connectivity index (χ4n) is 3.40. The number of rotatable bonds is 8. The van der Waals surface area contributed by atoms with Gasteiger partial charge in [0.15, 0.2) is 11.5 Å². The van der Waals surface area contributed by atoms with Crippen LogP contribution in [0.5, 0.6) is 17.2 Å². The molecular formula is C21H28N2O5S. The normalized spacial score (nSPS) is 15.8. The van der Waals surface area contributed by atoms with Crippen molar-refractivity contribution in [3.8, 4) is 17.2 Å². The van der Waals surface area contributed by atoms with Crippen LogP contribution in [0, 0.1) is 0 Å². The first kappa shape index (κ1) is 21.4. The average molecular weight is 421 g/mol. The van der Waals surface area contributed by atoms with Crippen LogP contribution in [0.15, 0.2) is 47.4 Å². The molecule has 8 heteroatoms. The lowest BCUT2D eigenvalue weighted by Gasteiger charge is -2.34. The van der Waals surface area contributed by atoms with E-state index in [0.29, 0.717) is 37.7 Å². The monoisotopic (exact) mass is 420 g/mol. The summed E-state index contributed by atoms with van der Waals surface area (Å²) >= 11 is 0. The molecule has 0 spiro atoms. The molecule has 1 fully saturated rings. The summed E-state index contributed by atoms with van der Waals surface area (Å²) < 4.78 is 43.2. The second kappa shape index (κ2) is 9.47. The molecular weight excluding hydrogens is 392 g/mol. The van der Waals surface area contributed by atoms with Crippen molar-refractivity contribution in [3.63, 3.8) is 0 Å². The van der Waals surface area contributed by atoms with Gasteiger partial charge in [0.2, 0.25) is 10.0 Å². The number of benzene rings is 2. The van der Waals surface area contributed by atoms with Crippen molar-refractivity contribution < 1.29 is 22.6 Å². The van der Waals surface area contributed by atoms with E-state index < -0.39 is 10.0 Å². The molecule has 0 amide bonds. The van der Waals surface area contributed by atoms with Crippen LogP contribution in [0.3, 0.4) is 0 Å². The summed E-state index contributed by atoms with van der Waals surface area (Å²) in [7, 11) is 1.12. The third-order valence-electron chi connectivity index (χ3n) is 5.20. The Morgan fingerprint density at radius 2 is 1.48 bits per heavy atom. The molecule has 1 saturated heterocycles. The van der Waals surface area contributed by atoms with Crippen LogP contribution in [0.2, 0.25) is 0 Å². The van der Waals surface area contributed by atoms with Crippen molar-refractivity contribution in [2.45, 2.75) is 11.3 Å². The van der Waals surface area contributed by atoms with Crippen molar-refractivity contribution in [3.05, 3.63) is 48.0 Å². The van der Waals surface area contributed by atoms with Crippen molar-refractivity contribution in [1.82, 2.24) is 9.21 Å². The van der Waals surface area contributed by atoms with E-state index in [1.807, 2.05) is 12.1 Å². The molecule has 0 N–H and O–H groups in total. The van der Waals surface area contributed by atoms with E-state index in [-0.39, 0.29) is 4.90 Å². The third-order valence-corrected chi connectivity index (χ3v) is 7.09. The van der Waals surface area contributed by atoms with E-state index >= 15 is 0 Å². The summed E-state index contributed by atoms with van der Waals surface area (Å²) in [6.45, 7) is 3.26. The average Bonchev–Trinajstić information content (AvgIpc) is 2.77. The highest BCUT2D eigenvalue weighted by Gasteiger charge is 2.29. The standard InChI is InChI=1S/C21H28N2O5S/c1-26-18-6-4-17(5-7-18)10-11-22-12-14-23(15-13-22)29(24,25)19-8-9-20(27-2)21(16-19)28-3/h4-9,16H,10-15H2,1-3H3. The number of piperazine rings is 1. The van der Waals surface area contributed by atoms with Crippen LogP contribution in [-0.4, -0.2) is 71.7 Å². The van der Waals surface area contributed by atoms with Gasteiger partial charge in [-0.1, -0.05) is 12.1 Å². The van der Waals surface area contributed by atoms with E-state index in [2.05, 4.69) is 17.0 Å². The topological polar surface area (TPSA) is 68.3 Å². The fraction of sp³-hybridized carbons (Fsp3) is 0.429. The molecule has 2 aromatic rings. The zero-order valence-corrected chi connectivity index (χ0v) is 17.9. The van der Waals surface area contributed by atoms with E-state index in [9.17, 15) is 8.42 Å². The maximum atomic E-state index is 13.0. The quantitative estimate of drug-likeness (QED) is 0.653. The second-order valence-corrected chi connectivity index (χ2v) is 8.80. The Hall–Kier alpha value is -2.29. The van der Waals surface area contributed by atoms with Crippen LogP contribution < -0.4 is 14.2 Å². The minimum atomic E-state index is -3.56. The number of methoxy groups -OCH3 is 3. The molecule has 7 nitrogen and oxygen atoms in total. The Morgan fingerprint density at radius 1 is 0.828 bits per heavy atom. The van der Waals surface area contributed by atoms with E-state index in [0.717, 1.165) is 18.7 Å². The lowest BCUT2D eigenvalue weighted by atomic mass is 10.1. The Balaban J connectivity index is 1.57. The molecule has 0 unspecified atom stereocenters. The third kappa shape index (κ3) is 5.01. The fourth-order valence-corrected chi connectivity index (χ4v) is 4.84. The smallest absolute Gasteiger partial charge is 0.243 e. The van der Waals surface area contributed by atoms with E-state index in [1.165, 1.54) is 30.2 Å². The highest BCUT2D eigenvalue weighted by atomic mass is 32.2. The molecule has 29 heavy (non-hydrogen) atoms. The van der Waals surface area contributed by atoms with Gasteiger partial charge in [-0.25, -0.2) is 8.42 Å². The van der Waals surface area contributed by atoms with Crippen LogP contribution >= 0.6 is 0 Å². The summed E-state index contributed by atoms with van der Waals surface area (Å²) in [6.07, 6.45) is 0.923. The van der Waals surface area contributed by atoms with Gasteiger partial charge >= 0.3 is 0 Å². The molecule has 0 bridgehead atoms. The number of hydrogen-bond donors (Lipinski definition) is 0. The zero-order chi connectivity index (χ0) is 20.9. The van der Waals surface area contributed by atoms with Crippen molar-refractivity contribution >= 4 is 10.0 Å². The van der Waals surface area contributed by atoms with Gasteiger partial charge in [0.25, 0.3) is 0 Å². The Kier molecular flexibility index (Phi) is 7.00. The molecule has 1 heterocycles.